The zero-order valence-corrected chi connectivity index (χ0v) is 41.1. The average molecular weight is 933 g/mol. The largest absolute Gasteiger partial charge is 0.507 e. The molecule has 2 unspecified atom stereocenters. The van der Waals surface area contributed by atoms with Gasteiger partial charge in [0.2, 0.25) is 0 Å². The smallest absolute Gasteiger partial charge is 0.350 e. The first kappa shape index (κ1) is 54.7. The molecule has 0 spiro atoms. The Kier molecular flexibility index (Phi) is 19.9. The van der Waals surface area contributed by atoms with E-state index in [9.17, 15) is 19.8 Å². The van der Waals surface area contributed by atoms with Gasteiger partial charge < -0.3 is 20.4 Å². The topological polar surface area (TPSA) is 149 Å². The van der Waals surface area contributed by atoms with Crippen LogP contribution in [0.2, 0.25) is 0 Å². The van der Waals surface area contributed by atoms with Crippen LogP contribution in [0.5, 0.6) is 11.5 Å². The number of phenols is 2. The monoisotopic (exact) mass is 933 g/mol. The summed E-state index contributed by atoms with van der Waals surface area (Å²) in [6, 6.07) is 19.5. The number of carboxylic acid groups (broad SMARTS) is 2. The molecule has 356 valence electrons. The van der Waals surface area contributed by atoms with Gasteiger partial charge in [-0.1, -0.05) is 125 Å². The van der Waals surface area contributed by atoms with Crippen molar-refractivity contribution in [3.05, 3.63) is 93.5 Å². The van der Waals surface area contributed by atoms with Crippen LogP contribution in [-0.2, 0) is 56.2 Å². The summed E-state index contributed by atoms with van der Waals surface area (Å²) < 4.78 is 2.60. The summed E-state index contributed by atoms with van der Waals surface area (Å²) in [5.41, 5.74) is 6.98. The molecular weight excluding hydrogens is 855 g/mol. The zero-order chi connectivity index (χ0) is 46.1. The number of rotatable bonds is 12. The molecular formula is C53H78CrN5O6+. The van der Waals surface area contributed by atoms with Crippen LogP contribution in [-0.4, -0.2) is 110 Å². The van der Waals surface area contributed by atoms with Crippen LogP contribution in [0.1, 0.15) is 160 Å². The summed E-state index contributed by atoms with van der Waals surface area (Å²) in [4.78, 5) is 34.3. The molecule has 12 heteroatoms. The molecule has 6 rings (SSSR count). The average Bonchev–Trinajstić information content (AvgIpc) is 3.20. The number of aliphatic carboxylic acids is 2. The van der Waals surface area contributed by atoms with Crippen LogP contribution >= 0.6 is 0 Å². The number of aliphatic imine (C=N–C) groups is 2. The molecule has 2 aliphatic heterocycles. The van der Waals surface area contributed by atoms with E-state index in [-0.39, 0.29) is 53.1 Å². The van der Waals surface area contributed by atoms with Gasteiger partial charge in [0.1, 0.15) is 17.9 Å². The minimum absolute atomic E-state index is 0. The summed E-state index contributed by atoms with van der Waals surface area (Å²) in [5.74, 6) is -0.558. The van der Waals surface area contributed by atoms with Gasteiger partial charge >= 0.3 is 17.9 Å². The van der Waals surface area contributed by atoms with Crippen LogP contribution in [0.15, 0.2) is 64.6 Å². The van der Waals surface area contributed by atoms with E-state index in [0.717, 1.165) is 100 Å². The van der Waals surface area contributed by atoms with Crippen molar-refractivity contribution < 1.29 is 52.0 Å². The quantitative estimate of drug-likeness (QED) is 0.0797. The number of hydrogen-bond acceptors (Lipinski definition) is 8. The zero-order valence-electron chi connectivity index (χ0n) is 39.9. The van der Waals surface area contributed by atoms with E-state index in [1.54, 1.807) is 0 Å². The van der Waals surface area contributed by atoms with E-state index in [2.05, 4.69) is 131 Å². The van der Waals surface area contributed by atoms with Gasteiger partial charge in [-0.3, -0.25) is 33.9 Å². The first-order valence-corrected chi connectivity index (χ1v) is 23.0. The Labute approximate surface area is 400 Å². The number of carbonyl (C=O) groups is 2. The number of benzene rings is 3. The Hall–Kier alpha value is -4.66. The number of hydrogen-bond donors (Lipinski definition) is 4. The summed E-state index contributed by atoms with van der Waals surface area (Å²) in [6.45, 7) is 26.2. The van der Waals surface area contributed by atoms with Gasteiger partial charge in [-0.25, -0.2) is 0 Å². The third-order valence-corrected chi connectivity index (χ3v) is 12.4. The third-order valence-electron chi connectivity index (χ3n) is 12.4. The standard InChI is InChI=1S/C49H69N5O2.C3H4O4.CH4.Cr/c1-47(2,3)39-28-36(20-15-23-52-24-16-25-53-26-17-27-54(46(52)53)34-35-18-11-10-12-19-35)44(55)37(29-39)32-50-42-21-13-14-22-43(42)51-33-38-30-40(48(4,5)6)31-41(45(38)56)49(7,8)9;4-2(5)1-3(6)7;;/h10-12,18-19,28-33,42-43H,13-17,20-27,34H2,1-9H3,(H-,50,51,55,56);1H2,(H,4,5)(H,6,7);1H4;/p+1. The first-order valence-electron chi connectivity index (χ1n) is 23.0. The fourth-order valence-corrected chi connectivity index (χ4v) is 8.76. The number of aryl methyl sites for hydroxylation is 1. The summed E-state index contributed by atoms with van der Waals surface area (Å²) in [6.07, 6.45) is 11.3. The molecule has 65 heavy (non-hydrogen) atoms. The van der Waals surface area contributed by atoms with Crippen molar-refractivity contribution in [2.45, 2.75) is 162 Å². The Bertz CT molecular complexity index is 2130. The van der Waals surface area contributed by atoms with Gasteiger partial charge in [0, 0.05) is 59.3 Å². The van der Waals surface area contributed by atoms with E-state index in [0.29, 0.717) is 11.5 Å². The molecule has 1 aliphatic carbocycles. The molecule has 2 heterocycles. The van der Waals surface area contributed by atoms with Crippen molar-refractivity contribution in [1.29, 1.82) is 0 Å². The summed E-state index contributed by atoms with van der Waals surface area (Å²) in [5, 5.41) is 38.6. The van der Waals surface area contributed by atoms with Gasteiger partial charge in [-0.05, 0) is 76.3 Å². The molecule has 3 aromatic rings. The second-order valence-electron chi connectivity index (χ2n) is 20.7. The van der Waals surface area contributed by atoms with Gasteiger partial charge in [-0.15, -0.1) is 0 Å². The van der Waals surface area contributed by atoms with E-state index >= 15 is 0 Å². The Morgan fingerprint density at radius 2 is 1.22 bits per heavy atom. The van der Waals surface area contributed by atoms with Crippen LogP contribution in [0.25, 0.3) is 0 Å². The minimum atomic E-state index is -1.31. The fourth-order valence-electron chi connectivity index (χ4n) is 8.76. The van der Waals surface area contributed by atoms with Crippen LogP contribution in [0.4, 0.5) is 0 Å². The SMILES string of the molecule is C.CC(C)(C)c1cc(C=NC2CCCCC2N=Cc2cc(C(C)(C)C)cc(C(C)(C)C)c2O)c(O)c(CCCN2CCC[N+]3=C2N(Cc2ccccc2)CCC3)c1.O=C(O)CC(=O)O.[Cr]. The number of guanidine groups is 1. The van der Waals surface area contributed by atoms with E-state index < -0.39 is 18.4 Å². The number of aromatic hydroxyl groups is 2. The van der Waals surface area contributed by atoms with Crippen molar-refractivity contribution in [3.63, 3.8) is 0 Å². The summed E-state index contributed by atoms with van der Waals surface area (Å²) >= 11 is 0. The number of carboxylic acids is 2. The van der Waals surface area contributed by atoms with E-state index in [1.807, 2.05) is 12.4 Å². The predicted octanol–water partition coefficient (Wildman–Crippen LogP) is 9.93. The van der Waals surface area contributed by atoms with Crippen LogP contribution in [0, 0.1) is 0 Å². The molecule has 1 saturated carbocycles. The first-order chi connectivity index (χ1) is 29.6. The second kappa shape index (κ2) is 23.7. The fraction of sp³-hybridized carbons (Fsp3) is 0.566. The molecule has 1 fully saturated rings. The van der Waals surface area contributed by atoms with Gasteiger partial charge in [0.25, 0.3) is 0 Å². The maximum Gasteiger partial charge on any atom is 0.350 e. The van der Waals surface area contributed by atoms with Crippen molar-refractivity contribution in [1.82, 2.24) is 9.80 Å². The molecule has 0 bridgehead atoms. The molecule has 0 saturated heterocycles. The van der Waals surface area contributed by atoms with E-state index in [4.69, 9.17) is 20.2 Å². The number of nitrogens with zero attached hydrogens (tertiary/aromatic N) is 5. The van der Waals surface area contributed by atoms with Crippen molar-refractivity contribution in [2.75, 3.05) is 32.7 Å². The van der Waals surface area contributed by atoms with Gasteiger partial charge in [0.05, 0.1) is 51.4 Å². The molecule has 3 aliphatic rings. The predicted molar refractivity (Wildman–Crippen MR) is 261 cm³/mol. The van der Waals surface area contributed by atoms with Crippen LogP contribution in [0.3, 0.4) is 0 Å². The molecule has 11 nitrogen and oxygen atoms in total. The molecule has 0 aromatic heterocycles. The minimum Gasteiger partial charge on any atom is -0.507 e. The normalized spacial score (nSPS) is 18.1. The van der Waals surface area contributed by atoms with Gasteiger partial charge in [0.15, 0.2) is 0 Å². The molecule has 4 N–H and O–H groups in total. The maximum atomic E-state index is 11.8. The molecule has 3 aromatic carbocycles. The number of phenolic OH excluding ortho intramolecular Hbond substituents is 2. The second-order valence-corrected chi connectivity index (χ2v) is 20.7. The third kappa shape index (κ3) is 15.5. The van der Waals surface area contributed by atoms with Gasteiger partial charge in [-0.2, -0.15) is 0 Å². The van der Waals surface area contributed by atoms with Crippen molar-refractivity contribution in [3.8, 4) is 11.5 Å². The van der Waals surface area contributed by atoms with E-state index in [1.165, 1.54) is 35.5 Å². The Morgan fingerprint density at radius 1 is 0.708 bits per heavy atom. The maximum absolute atomic E-state index is 11.8. The molecule has 0 amide bonds. The van der Waals surface area contributed by atoms with Crippen molar-refractivity contribution in [2.24, 2.45) is 9.98 Å². The van der Waals surface area contributed by atoms with Crippen molar-refractivity contribution >= 4 is 30.3 Å². The summed E-state index contributed by atoms with van der Waals surface area (Å²) in [7, 11) is 0. The Balaban J connectivity index is 0.00000115. The Morgan fingerprint density at radius 3 is 1.71 bits per heavy atom. The van der Waals surface area contributed by atoms with Crippen LogP contribution < -0.4 is 0 Å². The molecule has 0 radical (unpaired) electrons. The molecule has 2 atom stereocenters.